The van der Waals surface area contributed by atoms with Gasteiger partial charge in [0.1, 0.15) is 0 Å². The van der Waals surface area contributed by atoms with Crippen molar-refractivity contribution in [3.05, 3.63) is 22.1 Å². The molecule has 0 bridgehead atoms. The molecule has 3 heteroatoms. The molecule has 0 N–H and O–H groups in total. The van der Waals surface area contributed by atoms with E-state index in [0.29, 0.717) is 11.2 Å². The van der Waals surface area contributed by atoms with E-state index < -0.39 is 0 Å². The zero-order chi connectivity index (χ0) is 5.98. The monoisotopic (exact) mass is 130 g/mol. The molecule has 0 unspecified atom stereocenters. The van der Waals surface area contributed by atoms with Crippen molar-refractivity contribution in [1.82, 2.24) is 0 Å². The minimum Gasteiger partial charge on any atom is -0.297 e. The van der Waals surface area contributed by atoms with E-state index in [1.165, 1.54) is 12.1 Å². The van der Waals surface area contributed by atoms with Crippen LogP contribution in [-0.2, 0) is 0 Å². The van der Waals surface area contributed by atoms with Gasteiger partial charge < -0.3 is 0 Å². The predicted molar refractivity (Wildman–Crippen MR) is 29.7 cm³/mol. The molecule has 0 fully saturated rings. The highest BCUT2D eigenvalue weighted by Crippen LogP contribution is 2.10. The maximum atomic E-state index is 12.0. The van der Waals surface area contributed by atoms with E-state index >= 15 is 0 Å². The summed E-state index contributed by atoms with van der Waals surface area (Å²) in [6, 6.07) is 2.72. The van der Waals surface area contributed by atoms with Crippen LogP contribution in [0.5, 0.6) is 0 Å². The lowest BCUT2D eigenvalue weighted by Gasteiger charge is -1.68. The van der Waals surface area contributed by atoms with E-state index in [0.717, 1.165) is 11.3 Å². The van der Waals surface area contributed by atoms with Crippen LogP contribution >= 0.6 is 11.3 Å². The fourth-order valence-electron chi connectivity index (χ4n) is 0.392. The molecule has 0 aliphatic rings. The summed E-state index contributed by atoms with van der Waals surface area (Å²) in [5.74, 6) is 0. The van der Waals surface area contributed by atoms with Crippen molar-refractivity contribution in [2.75, 3.05) is 0 Å². The summed E-state index contributed by atoms with van der Waals surface area (Å²) < 4.78 is 12.0. The zero-order valence-electron chi connectivity index (χ0n) is 3.93. The first-order valence-electron chi connectivity index (χ1n) is 2.03. The van der Waals surface area contributed by atoms with Gasteiger partial charge in [-0.2, -0.15) is 4.39 Å². The van der Waals surface area contributed by atoms with Crippen LogP contribution in [0, 0.1) is 5.13 Å². The third-order valence-corrected chi connectivity index (χ3v) is 1.51. The molecule has 0 aliphatic carbocycles. The second-order valence-electron chi connectivity index (χ2n) is 1.26. The number of halogens is 1. The van der Waals surface area contributed by atoms with Gasteiger partial charge in [-0.25, -0.2) is 0 Å². The van der Waals surface area contributed by atoms with Crippen LogP contribution in [0.1, 0.15) is 9.67 Å². The van der Waals surface area contributed by atoms with Gasteiger partial charge in [0, 0.05) is 0 Å². The standard InChI is InChI=1S/C5H3FOS/c6-5-2-1-4(3-7)8-5/h1-3H. The molecule has 0 saturated carbocycles. The van der Waals surface area contributed by atoms with Crippen molar-refractivity contribution in [1.29, 1.82) is 0 Å². The number of carbonyl (C=O) groups is 1. The first-order valence-corrected chi connectivity index (χ1v) is 2.85. The van der Waals surface area contributed by atoms with Gasteiger partial charge in [0.25, 0.3) is 0 Å². The number of hydrogen-bond acceptors (Lipinski definition) is 2. The number of thiophene rings is 1. The summed E-state index contributed by atoms with van der Waals surface area (Å²) in [5.41, 5.74) is 0. The quantitative estimate of drug-likeness (QED) is 0.529. The Labute approximate surface area is 49.8 Å². The molecule has 8 heavy (non-hydrogen) atoms. The highest BCUT2D eigenvalue weighted by atomic mass is 32.1. The molecule has 1 aromatic rings. The maximum absolute atomic E-state index is 12.0. The van der Waals surface area contributed by atoms with Gasteiger partial charge in [-0.1, -0.05) is 0 Å². The van der Waals surface area contributed by atoms with E-state index in [1.54, 1.807) is 0 Å². The van der Waals surface area contributed by atoms with Gasteiger partial charge in [-0.05, 0) is 12.1 Å². The predicted octanol–water partition coefficient (Wildman–Crippen LogP) is 1.70. The second kappa shape index (κ2) is 2.05. The van der Waals surface area contributed by atoms with Gasteiger partial charge in [0.15, 0.2) is 11.4 Å². The Balaban J connectivity index is 3.00. The summed E-state index contributed by atoms with van der Waals surface area (Å²) in [5, 5.41) is -0.313. The Kier molecular flexibility index (Phi) is 1.39. The van der Waals surface area contributed by atoms with Crippen LogP contribution in [0.15, 0.2) is 12.1 Å². The molecule has 1 heterocycles. The fourth-order valence-corrected chi connectivity index (χ4v) is 0.937. The van der Waals surface area contributed by atoms with Gasteiger partial charge in [0.05, 0.1) is 4.88 Å². The van der Waals surface area contributed by atoms with Gasteiger partial charge in [-0.15, -0.1) is 11.3 Å². The van der Waals surface area contributed by atoms with Crippen molar-refractivity contribution in [2.24, 2.45) is 0 Å². The Morgan fingerprint density at radius 2 is 2.38 bits per heavy atom. The summed E-state index contributed by atoms with van der Waals surface area (Å²) >= 11 is 0.853. The first kappa shape index (κ1) is 5.44. The molecule has 0 atom stereocenters. The number of rotatable bonds is 1. The SMILES string of the molecule is O=Cc1ccc(F)s1. The van der Waals surface area contributed by atoms with E-state index in [4.69, 9.17) is 0 Å². The third kappa shape index (κ3) is 0.924. The van der Waals surface area contributed by atoms with Crippen LogP contribution in [-0.4, -0.2) is 6.29 Å². The summed E-state index contributed by atoms with van der Waals surface area (Å²) in [7, 11) is 0. The van der Waals surface area contributed by atoms with Crippen LogP contribution in [0.4, 0.5) is 4.39 Å². The molecule has 0 saturated heterocycles. The van der Waals surface area contributed by atoms with Crippen LogP contribution in [0.2, 0.25) is 0 Å². The van der Waals surface area contributed by atoms with E-state index in [2.05, 4.69) is 0 Å². The molecule has 0 amide bonds. The number of hydrogen-bond donors (Lipinski definition) is 0. The molecule has 42 valence electrons. The second-order valence-corrected chi connectivity index (χ2v) is 2.33. The fraction of sp³-hybridized carbons (Fsp3) is 0. The zero-order valence-corrected chi connectivity index (χ0v) is 4.74. The van der Waals surface area contributed by atoms with Gasteiger partial charge >= 0.3 is 0 Å². The molecular formula is C5H3FOS. The third-order valence-electron chi connectivity index (χ3n) is 0.710. The van der Waals surface area contributed by atoms with Crippen molar-refractivity contribution in [3.8, 4) is 0 Å². The minimum atomic E-state index is -0.313. The number of carbonyl (C=O) groups excluding carboxylic acids is 1. The summed E-state index contributed by atoms with van der Waals surface area (Å²) in [6.45, 7) is 0. The van der Waals surface area contributed by atoms with Crippen LogP contribution in [0.3, 0.4) is 0 Å². The maximum Gasteiger partial charge on any atom is 0.177 e. The van der Waals surface area contributed by atoms with E-state index in [1.807, 2.05) is 0 Å². The molecule has 0 aliphatic heterocycles. The molecule has 0 radical (unpaired) electrons. The Morgan fingerprint density at radius 3 is 2.62 bits per heavy atom. The topological polar surface area (TPSA) is 17.1 Å². The lowest BCUT2D eigenvalue weighted by atomic mass is 10.5. The van der Waals surface area contributed by atoms with Crippen LogP contribution < -0.4 is 0 Å². The molecular weight excluding hydrogens is 127 g/mol. The van der Waals surface area contributed by atoms with E-state index in [9.17, 15) is 9.18 Å². The largest absolute Gasteiger partial charge is 0.297 e. The average molecular weight is 130 g/mol. The first-order chi connectivity index (χ1) is 3.83. The van der Waals surface area contributed by atoms with Crippen molar-refractivity contribution in [3.63, 3.8) is 0 Å². The molecule has 1 nitrogen and oxygen atoms in total. The highest BCUT2D eigenvalue weighted by molar-refractivity contribution is 7.12. The molecule has 1 aromatic heterocycles. The lowest BCUT2D eigenvalue weighted by Crippen LogP contribution is -1.61. The smallest absolute Gasteiger partial charge is 0.177 e. The number of aldehydes is 1. The Bertz CT molecular complexity index is 194. The van der Waals surface area contributed by atoms with Crippen LogP contribution in [0.25, 0.3) is 0 Å². The normalized spacial score (nSPS) is 9.12. The summed E-state index contributed by atoms with van der Waals surface area (Å²) in [4.78, 5) is 10.3. The highest BCUT2D eigenvalue weighted by Gasteiger charge is 1.93. The van der Waals surface area contributed by atoms with Crippen molar-refractivity contribution in [2.45, 2.75) is 0 Å². The molecule has 0 spiro atoms. The van der Waals surface area contributed by atoms with Gasteiger partial charge in [0.2, 0.25) is 0 Å². The summed E-state index contributed by atoms with van der Waals surface area (Å²) in [6.07, 6.45) is 0.633. The van der Waals surface area contributed by atoms with E-state index in [-0.39, 0.29) is 5.13 Å². The van der Waals surface area contributed by atoms with Crippen molar-refractivity contribution >= 4 is 17.6 Å². The average Bonchev–Trinajstić information content (AvgIpc) is 2.14. The molecule has 0 aromatic carbocycles. The van der Waals surface area contributed by atoms with Gasteiger partial charge in [-0.3, -0.25) is 4.79 Å². The van der Waals surface area contributed by atoms with Crippen molar-refractivity contribution < 1.29 is 9.18 Å². The lowest BCUT2D eigenvalue weighted by molar-refractivity contribution is 0.112. The Morgan fingerprint density at radius 1 is 1.62 bits per heavy atom. The Hall–Kier alpha value is -0.700. The minimum absolute atomic E-state index is 0.313. The molecule has 1 rings (SSSR count).